The maximum atomic E-state index is 12.0. The van der Waals surface area contributed by atoms with Crippen LogP contribution in [0.4, 0.5) is 0 Å². The highest BCUT2D eigenvalue weighted by atomic mass is 16.6. The fourth-order valence-electron chi connectivity index (χ4n) is 36.5. The van der Waals surface area contributed by atoms with E-state index in [0.29, 0.717) is 60.8 Å². The van der Waals surface area contributed by atoms with Crippen molar-refractivity contribution in [2.45, 2.75) is 368 Å². The van der Waals surface area contributed by atoms with Gasteiger partial charge in [0.15, 0.2) is 0 Å². The summed E-state index contributed by atoms with van der Waals surface area (Å²) in [6.45, 7) is 30.8. The third kappa shape index (κ3) is 24.8. The number of rotatable bonds is 27. The minimum Gasteiger partial charge on any atom is -0.501 e. The van der Waals surface area contributed by atoms with Crippen LogP contribution in [0.25, 0.3) is 0 Å². The Kier molecular flexibility index (Phi) is 31.9. The van der Waals surface area contributed by atoms with Crippen molar-refractivity contribution in [2.24, 2.45) is 159 Å². The molecule has 22 heteroatoms. The molecule has 32 saturated carbocycles. The summed E-state index contributed by atoms with van der Waals surface area (Å²) in [6.07, 6.45) is 66.8. The lowest BCUT2D eigenvalue weighted by Crippen LogP contribution is -2.57. The fourth-order valence-corrected chi connectivity index (χ4v) is 36.5. The number of hydrogen-bond acceptors (Lipinski definition) is 21. The third-order valence-corrected chi connectivity index (χ3v) is 38.6. The largest absolute Gasteiger partial charge is 0.501 e. The van der Waals surface area contributed by atoms with Gasteiger partial charge in [-0.05, 0) is 462 Å². The third-order valence-electron chi connectivity index (χ3n) is 38.6. The molecule has 32 bridgehead atoms. The van der Waals surface area contributed by atoms with Gasteiger partial charge < -0.3 is 57.8 Å². The molecule has 0 spiro atoms. The van der Waals surface area contributed by atoms with Crippen LogP contribution in [0, 0.1) is 159 Å². The molecule has 32 rings (SSSR count). The summed E-state index contributed by atoms with van der Waals surface area (Å²) in [4.78, 5) is 114. The van der Waals surface area contributed by atoms with Gasteiger partial charge in [0.2, 0.25) is 5.91 Å². The van der Waals surface area contributed by atoms with Crippen LogP contribution in [0.1, 0.15) is 322 Å². The fraction of sp³-hybridized carbons (Fsp3) is 0.774. The van der Waals surface area contributed by atoms with Gasteiger partial charge in [0, 0.05) is 48.4 Å². The Morgan fingerprint density at radius 2 is 0.599 bits per heavy atom. The Balaban J connectivity index is 0.000000109. The first kappa shape index (κ1) is 101. The summed E-state index contributed by atoms with van der Waals surface area (Å²) in [6, 6.07) is 0. The van der Waals surface area contributed by atoms with Gasteiger partial charge in [0.25, 0.3) is 0 Å². The molecule has 754 valence electrons. The minimum absolute atomic E-state index is 0.0618. The summed E-state index contributed by atoms with van der Waals surface area (Å²) in [5.41, 5.74) is 0.375. The summed E-state index contributed by atoms with van der Waals surface area (Å²) >= 11 is 0. The van der Waals surface area contributed by atoms with E-state index in [1.807, 2.05) is 0 Å². The number of nitrogens with one attached hydrogen (secondary N) is 1. The molecule has 0 radical (unpaired) electrons. The summed E-state index contributed by atoms with van der Waals surface area (Å²) in [5, 5.41) is 12.8. The van der Waals surface area contributed by atoms with E-state index >= 15 is 0 Å². The number of aliphatic hydroxyl groups is 1. The Bertz CT molecular complexity index is 4130. The number of ether oxygens (including phenoxy) is 10. The van der Waals surface area contributed by atoms with Gasteiger partial charge in [-0.15, -0.1) is 0 Å². The molecule has 0 aromatic carbocycles. The Hall–Kier alpha value is -7.62. The zero-order valence-corrected chi connectivity index (χ0v) is 82.5. The number of amides is 1. The van der Waals surface area contributed by atoms with E-state index in [1.165, 1.54) is 216 Å². The first-order chi connectivity index (χ1) is 65.7. The van der Waals surface area contributed by atoms with E-state index in [0.717, 1.165) is 246 Å². The van der Waals surface area contributed by atoms with Gasteiger partial charge in [-0.25, -0.2) is 28.8 Å². The zero-order valence-electron chi connectivity index (χ0n) is 82.5. The highest BCUT2D eigenvalue weighted by molar-refractivity contribution is 5.88. The van der Waals surface area contributed by atoms with Crippen molar-refractivity contribution in [3.05, 3.63) is 101 Å². The van der Waals surface area contributed by atoms with Gasteiger partial charge in [0.05, 0.1) is 44.8 Å². The second-order valence-electron chi connectivity index (χ2n) is 49.5. The van der Waals surface area contributed by atoms with Crippen molar-refractivity contribution in [1.82, 2.24) is 5.32 Å². The van der Waals surface area contributed by atoms with Gasteiger partial charge in [-0.1, -0.05) is 52.6 Å². The molecule has 32 aliphatic rings. The molecule has 0 heterocycles. The average molecular weight is 1900 g/mol. The van der Waals surface area contributed by atoms with Crippen LogP contribution in [0.5, 0.6) is 0 Å². The standard InChI is InChI=1S/C16H23NO3.C16H22O4.C15H22O3.C15H22O2.C14H20O2.C13H18O3.2C13H18O2/c1-2-14(18)17-4-3-15(19)20-16-8-11-5-12(9-16)7-13(6-11)10-16;1-2-14(17)19-4-3-15(18)20-16-8-11-5-12(9-16)7-13(6-11)10-16;1-2-17-4-3-14(16)18-15-8-11-5-12(9-15)7-13(6-11)10-15;1-2-14(16)17-4-3-15-8-11-5-12(9-15)7-13(6-11)10-15;1-9(2)13(15)16-14-6-10-3-11(7-14)5-12(4-10)8-14;1-2-11(14)16-13-9-4-7-3-8(6-9)12(15)10(13)5-7;1-2-12(14)15-13-6-9-3-10(7-13)5-11(4-9)8-13;1-2-12(14)15-13-10-4-8-3-9(6-10)7-11(13)5-8/h2,11-13H,1,3-10H2,(H,17,18);2,11-13H,1,3-10H2;2,11-13H,1,3-10H2;2,11-13H,1,3-10H2;10-12H,1,3-8H2,2H3;2,7-10,12-13,15H,1,3-6H2;2,9-11H,1,3-8H2;2,8-11,13H,1,3-7H2. The molecule has 32 fully saturated rings. The molecule has 0 aliphatic heterocycles. The number of carbonyl (C=O) groups excluding carboxylic acids is 10. The predicted octanol–water partition coefficient (Wildman–Crippen LogP) is 21.0. The van der Waals surface area contributed by atoms with Gasteiger partial charge in [-0.2, -0.15) is 0 Å². The number of carbonyl (C=O) groups is 10. The van der Waals surface area contributed by atoms with E-state index in [9.17, 15) is 53.1 Å². The van der Waals surface area contributed by atoms with E-state index in [4.69, 9.17) is 47.4 Å². The first-order valence-electron chi connectivity index (χ1n) is 54.2. The lowest BCUT2D eigenvalue weighted by Gasteiger charge is -2.57. The topological polar surface area (TPSA) is 295 Å². The van der Waals surface area contributed by atoms with Crippen molar-refractivity contribution in [1.29, 1.82) is 0 Å². The molecule has 2 N–H and O–H groups in total. The molecule has 6 unspecified atom stereocenters. The molecule has 0 aromatic rings. The highest BCUT2D eigenvalue weighted by Crippen LogP contribution is 2.66. The minimum atomic E-state index is -0.493. The summed E-state index contributed by atoms with van der Waals surface area (Å²) < 4.78 is 54.9. The molecule has 6 atom stereocenters. The molecule has 0 aromatic heterocycles. The second-order valence-corrected chi connectivity index (χ2v) is 49.5. The van der Waals surface area contributed by atoms with Crippen molar-refractivity contribution >= 4 is 59.6 Å². The van der Waals surface area contributed by atoms with Crippen LogP contribution in [0.2, 0.25) is 0 Å². The normalized spacial score (nSPS) is 42.7. The smallest absolute Gasteiger partial charge is 0.333 e. The lowest BCUT2D eigenvalue weighted by atomic mass is 9.49. The van der Waals surface area contributed by atoms with E-state index in [1.54, 1.807) is 6.92 Å². The van der Waals surface area contributed by atoms with E-state index < -0.39 is 5.97 Å². The monoisotopic (exact) mass is 1890 g/mol. The van der Waals surface area contributed by atoms with Crippen LogP contribution in [0.3, 0.4) is 0 Å². The zero-order chi connectivity index (χ0) is 96.3. The molecule has 1 amide bonds. The van der Waals surface area contributed by atoms with Gasteiger partial charge in [0.1, 0.15) is 46.8 Å². The number of hydrogen-bond donors (Lipinski definition) is 2. The van der Waals surface area contributed by atoms with Gasteiger partial charge >= 0.3 is 53.7 Å². The second kappa shape index (κ2) is 43.3. The molecule has 137 heavy (non-hydrogen) atoms. The van der Waals surface area contributed by atoms with Crippen molar-refractivity contribution in [3.63, 3.8) is 0 Å². The van der Waals surface area contributed by atoms with Crippen LogP contribution < -0.4 is 5.32 Å². The van der Waals surface area contributed by atoms with Crippen molar-refractivity contribution in [3.8, 4) is 0 Å². The Morgan fingerprint density at radius 3 is 0.942 bits per heavy atom. The maximum absolute atomic E-state index is 12.0. The highest BCUT2D eigenvalue weighted by Gasteiger charge is 2.61. The summed E-state index contributed by atoms with van der Waals surface area (Å²) in [7, 11) is 0. The SMILES string of the molecule is C=C(C)C(=O)OC12CC3CC(CC(C3)C1)C2.C=CC(=O)NCCC(=O)OC12CC3CC(CC(C3)C1)C2.C=CC(=O)OC12CC3CC(CC(C3)C1)C2.C=CC(=O)OC1C2CC3CC(C2)C(O)C1C3.C=CC(=O)OC1C2CC3CC(C2)CC1C3.C=CC(=O)OCCC(=O)OC12CC3CC(CC(C3)C1)C2.C=CC(=O)OCCC12CC3CC(CC(C3)C1)C2.C=COCCC(=O)OC12CC3CC(CC(C3)C1)C2. The van der Waals surface area contributed by atoms with Crippen LogP contribution in [0.15, 0.2) is 101 Å². The molecular formula is C115H163NO21. The van der Waals surface area contributed by atoms with E-state index in [2.05, 4.69) is 57.9 Å². The quantitative estimate of drug-likeness (QED) is 0.0254. The summed E-state index contributed by atoms with van der Waals surface area (Å²) in [5.74, 6) is 17.5. The van der Waals surface area contributed by atoms with E-state index in [-0.39, 0.29) is 125 Å². The Labute approximate surface area is 815 Å². The first-order valence-corrected chi connectivity index (χ1v) is 54.2. The molecule has 0 saturated heterocycles. The average Bonchev–Trinajstić information content (AvgIpc) is 0.768. The maximum Gasteiger partial charge on any atom is 0.333 e. The molecule has 22 nitrogen and oxygen atoms in total. The predicted molar refractivity (Wildman–Crippen MR) is 516 cm³/mol. The number of aliphatic hydroxyl groups excluding tert-OH is 1. The van der Waals surface area contributed by atoms with Crippen molar-refractivity contribution < 1.29 is 100 Å². The van der Waals surface area contributed by atoms with Crippen molar-refractivity contribution in [2.75, 3.05) is 26.4 Å². The molecule has 32 aliphatic carbocycles. The van der Waals surface area contributed by atoms with Gasteiger partial charge in [-0.3, -0.25) is 19.2 Å². The van der Waals surface area contributed by atoms with Crippen LogP contribution >= 0.6 is 0 Å². The Morgan fingerprint density at radius 1 is 0.307 bits per heavy atom. The van der Waals surface area contributed by atoms with Crippen LogP contribution in [-0.2, 0) is 95.3 Å². The van der Waals surface area contributed by atoms with Crippen LogP contribution in [-0.4, -0.2) is 137 Å². The lowest BCUT2D eigenvalue weighted by molar-refractivity contribution is -0.189. The molecular weight excluding hydrogens is 1730 g/mol. The number of esters is 9.